The highest BCUT2D eigenvalue weighted by Gasteiger charge is 2.25. The molecule has 3 aromatic rings. The van der Waals surface area contributed by atoms with Crippen molar-refractivity contribution in [3.8, 4) is 10.6 Å². The standard InChI is InChI=1S/C25H31ClN6OS/c1-16-15-32(12-11-31(16)2)10-4-9-27-25-28-14-20(26)23(30-25)22-13-19-18(5-3-6-21(19)34-22)24(33)29-17-7-8-17/h3,5-6,13-14,16-17H,4,7-12,15H2,1-2H3,(H,29,33)(H,27,28,30)/t16-/m0/s1. The van der Waals surface area contributed by atoms with Crippen LogP contribution in [0.5, 0.6) is 0 Å². The largest absolute Gasteiger partial charge is 0.354 e. The average Bonchev–Trinajstić information content (AvgIpc) is 3.53. The van der Waals surface area contributed by atoms with Crippen molar-refractivity contribution in [3.05, 3.63) is 41.0 Å². The van der Waals surface area contributed by atoms with Crippen molar-refractivity contribution < 1.29 is 4.79 Å². The lowest BCUT2D eigenvalue weighted by Crippen LogP contribution is -2.50. The van der Waals surface area contributed by atoms with Gasteiger partial charge in [-0.05, 0) is 58.0 Å². The fourth-order valence-electron chi connectivity index (χ4n) is 4.32. The van der Waals surface area contributed by atoms with Crippen LogP contribution in [0.3, 0.4) is 0 Å². The van der Waals surface area contributed by atoms with E-state index in [-0.39, 0.29) is 5.91 Å². The summed E-state index contributed by atoms with van der Waals surface area (Å²) in [6, 6.07) is 8.79. The highest BCUT2D eigenvalue weighted by atomic mass is 35.5. The van der Waals surface area contributed by atoms with E-state index in [0.717, 1.165) is 66.9 Å². The van der Waals surface area contributed by atoms with Crippen molar-refractivity contribution in [2.24, 2.45) is 0 Å². The van der Waals surface area contributed by atoms with Crippen molar-refractivity contribution >= 4 is 44.9 Å². The molecule has 180 valence electrons. The molecule has 0 bridgehead atoms. The maximum atomic E-state index is 12.7. The summed E-state index contributed by atoms with van der Waals surface area (Å²) in [5.41, 5.74) is 1.40. The molecule has 1 saturated carbocycles. The smallest absolute Gasteiger partial charge is 0.252 e. The Morgan fingerprint density at radius 2 is 2.15 bits per heavy atom. The quantitative estimate of drug-likeness (QED) is 0.450. The third-order valence-electron chi connectivity index (χ3n) is 6.67. The first-order chi connectivity index (χ1) is 16.5. The van der Waals surface area contributed by atoms with E-state index in [1.54, 1.807) is 17.5 Å². The molecule has 2 fully saturated rings. The van der Waals surface area contributed by atoms with Gasteiger partial charge in [-0.1, -0.05) is 17.7 Å². The molecule has 0 radical (unpaired) electrons. The average molecular weight is 499 g/mol. The minimum atomic E-state index is -0.0108. The minimum Gasteiger partial charge on any atom is -0.354 e. The fraction of sp³-hybridized carbons (Fsp3) is 0.480. The zero-order chi connectivity index (χ0) is 23.7. The van der Waals surface area contributed by atoms with Crippen LogP contribution in [0.15, 0.2) is 30.5 Å². The molecule has 2 aliphatic rings. The summed E-state index contributed by atoms with van der Waals surface area (Å²) in [4.78, 5) is 27.7. The zero-order valence-electron chi connectivity index (χ0n) is 19.7. The number of halogens is 1. The number of anilines is 1. The SMILES string of the molecule is C[C@H]1CN(CCCNc2ncc(Cl)c(-c3cc4c(C(=O)NC5CC5)cccc4s3)n2)CCN1C. The summed E-state index contributed by atoms with van der Waals surface area (Å²) >= 11 is 8.08. The first kappa shape index (κ1) is 23.5. The van der Waals surface area contributed by atoms with Gasteiger partial charge in [0.1, 0.15) is 5.69 Å². The number of aromatic nitrogens is 2. The van der Waals surface area contributed by atoms with E-state index in [0.29, 0.717) is 34.3 Å². The summed E-state index contributed by atoms with van der Waals surface area (Å²) < 4.78 is 1.05. The molecule has 1 aliphatic carbocycles. The Labute approximate surface area is 209 Å². The number of nitrogens with one attached hydrogen (secondary N) is 2. The Kier molecular flexibility index (Phi) is 7.01. The molecular formula is C25H31ClN6OS. The van der Waals surface area contributed by atoms with Gasteiger partial charge in [-0.25, -0.2) is 9.97 Å². The number of piperazine rings is 1. The van der Waals surface area contributed by atoms with Crippen molar-refractivity contribution in [2.45, 2.75) is 38.3 Å². The normalized spacial score (nSPS) is 19.4. The molecule has 1 saturated heterocycles. The van der Waals surface area contributed by atoms with Gasteiger partial charge in [0.15, 0.2) is 0 Å². The van der Waals surface area contributed by atoms with Gasteiger partial charge < -0.3 is 20.4 Å². The number of fused-ring (bicyclic) bond motifs is 1. The molecule has 1 aromatic carbocycles. The lowest BCUT2D eigenvalue weighted by molar-refractivity contribution is 0.0952. The number of rotatable bonds is 8. The maximum Gasteiger partial charge on any atom is 0.252 e. The maximum absolute atomic E-state index is 12.7. The molecule has 5 rings (SSSR count). The van der Waals surface area contributed by atoms with Crippen molar-refractivity contribution in [1.82, 2.24) is 25.1 Å². The number of likely N-dealkylation sites (N-methyl/N-ethyl adjacent to an activating group) is 1. The van der Waals surface area contributed by atoms with Crippen LogP contribution in [0.4, 0.5) is 5.95 Å². The summed E-state index contributed by atoms with van der Waals surface area (Å²) in [7, 11) is 2.19. The second kappa shape index (κ2) is 10.2. The highest BCUT2D eigenvalue weighted by molar-refractivity contribution is 7.22. The fourth-order valence-corrected chi connectivity index (χ4v) is 5.66. The molecule has 0 spiro atoms. The summed E-state index contributed by atoms with van der Waals surface area (Å²) in [5.74, 6) is 0.568. The van der Waals surface area contributed by atoms with Crippen molar-refractivity contribution in [3.63, 3.8) is 0 Å². The lowest BCUT2D eigenvalue weighted by atomic mass is 10.1. The number of amides is 1. The van der Waals surface area contributed by atoms with E-state index < -0.39 is 0 Å². The van der Waals surface area contributed by atoms with Gasteiger partial charge in [-0.3, -0.25) is 4.79 Å². The van der Waals surface area contributed by atoms with E-state index >= 15 is 0 Å². The number of hydrogen-bond acceptors (Lipinski definition) is 7. The van der Waals surface area contributed by atoms with Crippen LogP contribution in [0.2, 0.25) is 5.02 Å². The van der Waals surface area contributed by atoms with E-state index in [1.807, 2.05) is 24.3 Å². The van der Waals surface area contributed by atoms with Gasteiger partial charge >= 0.3 is 0 Å². The number of nitrogens with zero attached hydrogens (tertiary/aromatic N) is 4. The van der Waals surface area contributed by atoms with E-state index in [1.165, 1.54) is 0 Å². The van der Waals surface area contributed by atoms with E-state index in [4.69, 9.17) is 16.6 Å². The van der Waals surface area contributed by atoms with Gasteiger partial charge in [0, 0.05) is 53.9 Å². The first-order valence-electron chi connectivity index (χ1n) is 12.0. The van der Waals surface area contributed by atoms with Crippen LogP contribution in [-0.4, -0.2) is 77.5 Å². The number of carbonyl (C=O) groups is 1. The van der Waals surface area contributed by atoms with Gasteiger partial charge in [-0.15, -0.1) is 11.3 Å². The van der Waals surface area contributed by atoms with Crippen LogP contribution < -0.4 is 10.6 Å². The molecule has 1 aliphatic heterocycles. The first-order valence-corrected chi connectivity index (χ1v) is 13.2. The molecule has 0 unspecified atom stereocenters. The number of thiophene rings is 1. The third kappa shape index (κ3) is 5.35. The van der Waals surface area contributed by atoms with Crippen LogP contribution in [0.25, 0.3) is 20.7 Å². The second-order valence-corrected chi connectivity index (χ2v) is 10.9. The van der Waals surface area contributed by atoms with Gasteiger partial charge in [0.05, 0.1) is 16.1 Å². The van der Waals surface area contributed by atoms with Crippen molar-refractivity contribution in [2.75, 3.05) is 45.1 Å². The second-order valence-electron chi connectivity index (χ2n) is 9.38. The molecule has 7 nitrogen and oxygen atoms in total. The van der Waals surface area contributed by atoms with E-state index in [2.05, 4.69) is 39.4 Å². The predicted octanol–water partition coefficient (Wildman–Crippen LogP) is 4.34. The molecule has 2 N–H and O–H groups in total. The topological polar surface area (TPSA) is 73.4 Å². The summed E-state index contributed by atoms with van der Waals surface area (Å²) in [5, 5.41) is 7.89. The zero-order valence-corrected chi connectivity index (χ0v) is 21.3. The highest BCUT2D eigenvalue weighted by Crippen LogP contribution is 2.37. The van der Waals surface area contributed by atoms with Crippen molar-refractivity contribution in [1.29, 1.82) is 0 Å². The Bertz CT molecular complexity index is 1180. The van der Waals surface area contributed by atoms with Crippen LogP contribution in [-0.2, 0) is 0 Å². The molecule has 2 aromatic heterocycles. The Morgan fingerprint density at radius 3 is 2.94 bits per heavy atom. The molecular weight excluding hydrogens is 468 g/mol. The Balaban J connectivity index is 1.26. The third-order valence-corrected chi connectivity index (χ3v) is 8.06. The van der Waals surface area contributed by atoms with Crippen LogP contribution in [0, 0.1) is 0 Å². The summed E-state index contributed by atoms with van der Waals surface area (Å²) in [6.45, 7) is 7.51. The number of benzene rings is 1. The van der Waals surface area contributed by atoms with Gasteiger partial charge in [0.25, 0.3) is 5.91 Å². The molecule has 34 heavy (non-hydrogen) atoms. The van der Waals surface area contributed by atoms with Crippen LogP contribution >= 0.6 is 22.9 Å². The van der Waals surface area contributed by atoms with Crippen LogP contribution in [0.1, 0.15) is 36.5 Å². The van der Waals surface area contributed by atoms with Gasteiger partial charge in [-0.2, -0.15) is 0 Å². The minimum absolute atomic E-state index is 0.0108. The Hall–Kier alpha value is -2.26. The molecule has 9 heteroatoms. The predicted molar refractivity (Wildman–Crippen MR) is 140 cm³/mol. The number of carbonyl (C=O) groups excluding carboxylic acids is 1. The Morgan fingerprint density at radius 1 is 1.29 bits per heavy atom. The summed E-state index contributed by atoms with van der Waals surface area (Å²) in [6.07, 6.45) is 4.81. The molecule has 1 amide bonds. The molecule has 1 atom stereocenters. The van der Waals surface area contributed by atoms with E-state index in [9.17, 15) is 4.79 Å². The lowest BCUT2D eigenvalue weighted by Gasteiger charge is -2.37. The number of hydrogen-bond donors (Lipinski definition) is 2. The molecule has 3 heterocycles. The monoisotopic (exact) mass is 498 g/mol. The van der Waals surface area contributed by atoms with Gasteiger partial charge in [0.2, 0.25) is 5.95 Å².